The average molecular weight is 206 g/mol. The number of hydrogen-bond donors (Lipinski definition) is 2. The second-order valence-corrected chi connectivity index (χ2v) is 3.96. The van der Waals surface area contributed by atoms with Gasteiger partial charge in [0.1, 0.15) is 0 Å². The highest BCUT2D eigenvalue weighted by molar-refractivity contribution is 5.89. The maximum Gasteiger partial charge on any atom is 0.221 e. The molecular weight excluding hydrogens is 188 g/mol. The Kier molecular flexibility index (Phi) is 3.86. The van der Waals surface area contributed by atoms with Gasteiger partial charge in [-0.15, -0.1) is 0 Å². The van der Waals surface area contributed by atoms with E-state index in [-0.39, 0.29) is 5.91 Å². The van der Waals surface area contributed by atoms with E-state index >= 15 is 0 Å². The van der Waals surface area contributed by atoms with Gasteiger partial charge in [-0.25, -0.2) is 0 Å². The summed E-state index contributed by atoms with van der Waals surface area (Å²) in [5.41, 5.74) is 8.61. The van der Waals surface area contributed by atoms with Crippen molar-refractivity contribution in [2.75, 3.05) is 5.32 Å². The lowest BCUT2D eigenvalue weighted by molar-refractivity contribution is -0.114. The molecule has 0 aliphatic carbocycles. The van der Waals surface area contributed by atoms with Crippen LogP contribution in [0.5, 0.6) is 0 Å². The van der Waals surface area contributed by atoms with Crippen LogP contribution in [0.25, 0.3) is 0 Å². The maximum atomic E-state index is 11.0. The van der Waals surface area contributed by atoms with Crippen LogP contribution in [0.2, 0.25) is 0 Å². The third-order valence-corrected chi connectivity index (χ3v) is 2.29. The molecule has 0 saturated carbocycles. The summed E-state index contributed by atoms with van der Waals surface area (Å²) in [6.07, 6.45) is 0. The molecule has 0 saturated heterocycles. The van der Waals surface area contributed by atoms with Gasteiger partial charge in [-0.05, 0) is 23.1 Å². The summed E-state index contributed by atoms with van der Waals surface area (Å²) in [7, 11) is 0. The number of nitrogens with one attached hydrogen (secondary N) is 1. The summed E-state index contributed by atoms with van der Waals surface area (Å²) in [5, 5.41) is 2.83. The first-order chi connectivity index (χ1) is 7.04. The van der Waals surface area contributed by atoms with Crippen LogP contribution in [0, 0.1) is 0 Å². The van der Waals surface area contributed by atoms with Crippen molar-refractivity contribution in [2.24, 2.45) is 5.73 Å². The minimum absolute atomic E-state index is 0.0499. The van der Waals surface area contributed by atoms with Crippen LogP contribution >= 0.6 is 0 Å². The van der Waals surface area contributed by atoms with Crippen LogP contribution in [0.3, 0.4) is 0 Å². The zero-order valence-electron chi connectivity index (χ0n) is 9.50. The molecule has 3 N–H and O–H groups in total. The molecule has 15 heavy (non-hydrogen) atoms. The normalized spacial score (nSPS) is 10.5. The van der Waals surface area contributed by atoms with Crippen LogP contribution in [0.4, 0.5) is 5.69 Å². The van der Waals surface area contributed by atoms with E-state index in [1.807, 2.05) is 18.2 Å². The van der Waals surface area contributed by atoms with Gasteiger partial charge in [0, 0.05) is 19.2 Å². The topological polar surface area (TPSA) is 55.1 Å². The van der Waals surface area contributed by atoms with Crippen LogP contribution < -0.4 is 11.1 Å². The molecule has 0 unspecified atom stereocenters. The molecule has 0 aliphatic heterocycles. The summed E-state index contributed by atoms with van der Waals surface area (Å²) >= 11 is 0. The van der Waals surface area contributed by atoms with Gasteiger partial charge in [0.05, 0.1) is 0 Å². The van der Waals surface area contributed by atoms with Gasteiger partial charge in [0.15, 0.2) is 0 Å². The number of carbonyl (C=O) groups excluding carboxylic acids is 1. The molecule has 82 valence electrons. The predicted octanol–water partition coefficient (Wildman–Crippen LogP) is 2.23. The van der Waals surface area contributed by atoms with E-state index < -0.39 is 0 Å². The van der Waals surface area contributed by atoms with Crippen molar-refractivity contribution in [3.05, 3.63) is 29.3 Å². The third-order valence-electron chi connectivity index (χ3n) is 2.29. The Morgan fingerprint density at radius 3 is 2.60 bits per heavy atom. The lowest BCUT2D eigenvalue weighted by Gasteiger charge is -2.14. The van der Waals surface area contributed by atoms with E-state index in [4.69, 9.17) is 5.73 Å². The minimum Gasteiger partial charge on any atom is -0.326 e. The van der Waals surface area contributed by atoms with Crippen molar-refractivity contribution in [3.63, 3.8) is 0 Å². The number of anilines is 1. The molecule has 0 heterocycles. The van der Waals surface area contributed by atoms with Gasteiger partial charge in [0.2, 0.25) is 5.91 Å². The number of benzene rings is 1. The Morgan fingerprint density at radius 1 is 1.47 bits per heavy atom. The van der Waals surface area contributed by atoms with Crippen LogP contribution in [0.1, 0.15) is 37.8 Å². The molecule has 1 aromatic carbocycles. The van der Waals surface area contributed by atoms with Crippen LogP contribution in [-0.4, -0.2) is 5.91 Å². The number of nitrogens with two attached hydrogens (primary N) is 1. The van der Waals surface area contributed by atoms with Crippen molar-refractivity contribution in [2.45, 2.75) is 33.2 Å². The van der Waals surface area contributed by atoms with Gasteiger partial charge >= 0.3 is 0 Å². The molecule has 1 amide bonds. The second kappa shape index (κ2) is 4.94. The van der Waals surface area contributed by atoms with E-state index in [1.165, 1.54) is 6.92 Å². The Balaban J connectivity index is 3.10. The van der Waals surface area contributed by atoms with Crippen LogP contribution in [0.15, 0.2) is 18.2 Å². The summed E-state index contributed by atoms with van der Waals surface area (Å²) in [6.45, 7) is 6.20. The van der Waals surface area contributed by atoms with Gasteiger partial charge in [-0.1, -0.05) is 26.0 Å². The molecule has 0 aromatic heterocycles. The zero-order valence-corrected chi connectivity index (χ0v) is 9.50. The number of amides is 1. The lowest BCUT2D eigenvalue weighted by atomic mass is 9.99. The van der Waals surface area contributed by atoms with Crippen molar-refractivity contribution in [3.8, 4) is 0 Å². The molecule has 0 spiro atoms. The summed E-state index contributed by atoms with van der Waals surface area (Å²) < 4.78 is 0. The van der Waals surface area contributed by atoms with Gasteiger partial charge in [0.25, 0.3) is 0 Å². The summed E-state index contributed by atoms with van der Waals surface area (Å²) in [6, 6.07) is 5.97. The Hall–Kier alpha value is -1.35. The molecule has 3 nitrogen and oxygen atoms in total. The molecule has 0 radical (unpaired) electrons. The summed E-state index contributed by atoms with van der Waals surface area (Å²) in [5.74, 6) is 0.338. The molecular formula is C12H18N2O. The molecule has 0 atom stereocenters. The van der Waals surface area contributed by atoms with E-state index in [0.717, 1.165) is 16.8 Å². The van der Waals surface area contributed by atoms with Crippen molar-refractivity contribution < 1.29 is 4.79 Å². The quantitative estimate of drug-likeness (QED) is 0.796. The second-order valence-electron chi connectivity index (χ2n) is 3.96. The van der Waals surface area contributed by atoms with E-state index in [9.17, 15) is 4.79 Å². The fourth-order valence-corrected chi connectivity index (χ4v) is 1.53. The van der Waals surface area contributed by atoms with E-state index in [2.05, 4.69) is 19.2 Å². The van der Waals surface area contributed by atoms with E-state index in [0.29, 0.717) is 12.5 Å². The standard InChI is InChI=1S/C12H18N2O/c1-8(2)11-5-4-10(7-13)6-12(11)14-9(3)15/h4-6,8H,7,13H2,1-3H3,(H,14,15). The lowest BCUT2D eigenvalue weighted by Crippen LogP contribution is -2.10. The fourth-order valence-electron chi connectivity index (χ4n) is 1.53. The molecule has 0 bridgehead atoms. The van der Waals surface area contributed by atoms with Crippen molar-refractivity contribution >= 4 is 11.6 Å². The first kappa shape index (κ1) is 11.7. The monoisotopic (exact) mass is 206 g/mol. The van der Waals surface area contributed by atoms with Gasteiger partial charge in [-0.3, -0.25) is 4.79 Å². The fraction of sp³-hybridized carbons (Fsp3) is 0.417. The first-order valence-electron chi connectivity index (χ1n) is 5.15. The molecule has 0 aliphatic rings. The highest BCUT2D eigenvalue weighted by atomic mass is 16.1. The van der Waals surface area contributed by atoms with Crippen molar-refractivity contribution in [1.82, 2.24) is 0 Å². The Bertz CT molecular complexity index is 359. The summed E-state index contributed by atoms with van der Waals surface area (Å²) in [4.78, 5) is 11.0. The number of hydrogen-bond acceptors (Lipinski definition) is 2. The third kappa shape index (κ3) is 3.06. The van der Waals surface area contributed by atoms with Crippen LogP contribution in [-0.2, 0) is 11.3 Å². The zero-order chi connectivity index (χ0) is 11.4. The molecule has 1 aromatic rings. The molecule has 3 heteroatoms. The largest absolute Gasteiger partial charge is 0.326 e. The highest BCUT2D eigenvalue weighted by Crippen LogP contribution is 2.25. The average Bonchev–Trinajstić information content (AvgIpc) is 2.16. The Labute approximate surface area is 90.7 Å². The van der Waals surface area contributed by atoms with Crippen molar-refractivity contribution in [1.29, 1.82) is 0 Å². The maximum absolute atomic E-state index is 11.0. The smallest absolute Gasteiger partial charge is 0.221 e. The predicted molar refractivity (Wildman–Crippen MR) is 62.7 cm³/mol. The Morgan fingerprint density at radius 2 is 2.13 bits per heavy atom. The molecule has 1 rings (SSSR count). The molecule has 0 fully saturated rings. The number of carbonyl (C=O) groups is 1. The van der Waals surface area contributed by atoms with E-state index in [1.54, 1.807) is 0 Å². The minimum atomic E-state index is -0.0499. The van der Waals surface area contributed by atoms with Gasteiger partial charge in [-0.2, -0.15) is 0 Å². The highest BCUT2D eigenvalue weighted by Gasteiger charge is 2.08. The first-order valence-corrected chi connectivity index (χ1v) is 5.15. The van der Waals surface area contributed by atoms with Gasteiger partial charge < -0.3 is 11.1 Å². The number of rotatable bonds is 3. The SMILES string of the molecule is CC(=O)Nc1cc(CN)ccc1C(C)C.